The van der Waals surface area contributed by atoms with Crippen LogP contribution >= 0.6 is 0 Å². The normalized spacial score (nSPS) is 21.4. The van der Waals surface area contributed by atoms with Crippen molar-refractivity contribution < 1.29 is 5.11 Å². The Morgan fingerprint density at radius 2 is 1.69 bits per heavy atom. The summed E-state index contributed by atoms with van der Waals surface area (Å²) in [5.41, 5.74) is 5.54. The van der Waals surface area contributed by atoms with E-state index in [9.17, 15) is 5.11 Å². The van der Waals surface area contributed by atoms with E-state index in [4.69, 9.17) is 0 Å². The second-order valence-electron chi connectivity index (χ2n) is 8.63. The van der Waals surface area contributed by atoms with Crippen LogP contribution in [0.15, 0.2) is 102 Å². The monoisotopic (exact) mass is 416 g/mol. The number of nitrogens with one attached hydrogen (secondary N) is 1. The van der Waals surface area contributed by atoms with E-state index in [1.165, 1.54) is 16.8 Å². The molecule has 32 heavy (non-hydrogen) atoms. The first kappa shape index (κ1) is 18.9. The molecular formula is C29H24N2O. The molecule has 3 atom stereocenters. The Labute approximate surface area is 187 Å². The largest absolute Gasteiger partial charge is 0.507 e. The summed E-state index contributed by atoms with van der Waals surface area (Å²) in [5, 5.41) is 16.2. The predicted molar refractivity (Wildman–Crippen MR) is 132 cm³/mol. The molecule has 4 aromatic rings. The Kier molecular flexibility index (Phi) is 4.53. The number of aromatic hydroxyl groups is 1. The number of benzene rings is 4. The fraction of sp³-hybridized carbons (Fsp3) is 0.138. The summed E-state index contributed by atoms with van der Waals surface area (Å²) in [6.45, 7) is 0. The number of hydrogen-bond donors (Lipinski definition) is 2. The molecule has 2 N–H and O–H groups in total. The number of rotatable bonds is 3. The maximum absolute atomic E-state index is 10.4. The number of phenolic OH excluding ortho intramolecular Hbond substituents is 1. The maximum atomic E-state index is 10.4. The van der Waals surface area contributed by atoms with Crippen molar-refractivity contribution in [2.45, 2.75) is 18.4 Å². The molecule has 0 amide bonds. The van der Waals surface area contributed by atoms with Gasteiger partial charge in [-0.3, -0.25) is 4.99 Å². The number of allylic oxidation sites excluding steroid dienone is 2. The minimum atomic E-state index is 0.244. The summed E-state index contributed by atoms with van der Waals surface area (Å²) in [6, 6.07) is 29.1. The molecule has 0 spiro atoms. The SMILES string of the molecule is Oc1ccc2ccccc2c1C=Nc1ccc([C@@H]2Nc3ccccc3[C@@H]3C=CC[C@@H]32)cc1. The van der Waals surface area contributed by atoms with Crippen LogP contribution in [0.3, 0.4) is 0 Å². The minimum absolute atomic E-state index is 0.244. The number of para-hydroxylation sites is 1. The highest BCUT2D eigenvalue weighted by Gasteiger charge is 2.37. The smallest absolute Gasteiger partial charge is 0.124 e. The lowest BCUT2D eigenvalue weighted by Crippen LogP contribution is -2.28. The molecule has 0 fully saturated rings. The van der Waals surface area contributed by atoms with Gasteiger partial charge < -0.3 is 10.4 Å². The zero-order valence-corrected chi connectivity index (χ0v) is 17.6. The van der Waals surface area contributed by atoms with Crippen LogP contribution in [0.4, 0.5) is 11.4 Å². The Balaban J connectivity index is 1.29. The van der Waals surface area contributed by atoms with Gasteiger partial charge in [-0.05, 0) is 58.5 Å². The van der Waals surface area contributed by atoms with Gasteiger partial charge in [0.25, 0.3) is 0 Å². The summed E-state index contributed by atoms with van der Waals surface area (Å²) in [4.78, 5) is 4.66. The number of hydrogen-bond acceptors (Lipinski definition) is 3. The van der Waals surface area contributed by atoms with Crippen LogP contribution in [0.25, 0.3) is 10.8 Å². The molecule has 6 rings (SSSR count). The Morgan fingerprint density at radius 3 is 2.59 bits per heavy atom. The number of nitrogens with zero attached hydrogens (tertiary/aromatic N) is 1. The molecule has 2 aliphatic rings. The molecule has 4 aromatic carbocycles. The van der Waals surface area contributed by atoms with Crippen molar-refractivity contribution in [3.8, 4) is 5.75 Å². The third-order valence-electron chi connectivity index (χ3n) is 6.81. The Bertz CT molecular complexity index is 1350. The number of phenols is 1. The number of fused-ring (bicyclic) bond motifs is 4. The number of aliphatic imine (C=N–C) groups is 1. The molecule has 0 unspecified atom stereocenters. The molecule has 0 radical (unpaired) electrons. The van der Waals surface area contributed by atoms with E-state index in [1.54, 1.807) is 12.3 Å². The molecule has 3 heteroatoms. The lowest BCUT2D eigenvalue weighted by atomic mass is 9.77. The van der Waals surface area contributed by atoms with Crippen molar-refractivity contribution in [1.82, 2.24) is 0 Å². The van der Waals surface area contributed by atoms with E-state index >= 15 is 0 Å². The second-order valence-corrected chi connectivity index (χ2v) is 8.63. The molecule has 1 heterocycles. The molecule has 0 bridgehead atoms. The van der Waals surface area contributed by atoms with Crippen molar-refractivity contribution in [2.24, 2.45) is 10.9 Å². The first-order chi connectivity index (χ1) is 15.8. The zero-order valence-electron chi connectivity index (χ0n) is 17.6. The van der Waals surface area contributed by atoms with E-state index in [-0.39, 0.29) is 11.8 Å². The molecule has 1 aliphatic carbocycles. The Hall–Kier alpha value is -3.85. The van der Waals surface area contributed by atoms with Crippen molar-refractivity contribution in [1.29, 1.82) is 0 Å². The van der Waals surface area contributed by atoms with E-state index in [1.807, 2.05) is 30.3 Å². The van der Waals surface area contributed by atoms with Gasteiger partial charge in [0, 0.05) is 23.4 Å². The predicted octanol–water partition coefficient (Wildman–Crippen LogP) is 7.12. The van der Waals surface area contributed by atoms with Crippen LogP contribution in [-0.4, -0.2) is 11.3 Å². The van der Waals surface area contributed by atoms with Crippen LogP contribution in [0, 0.1) is 5.92 Å². The van der Waals surface area contributed by atoms with E-state index in [2.05, 4.69) is 71.0 Å². The lowest BCUT2D eigenvalue weighted by Gasteiger charge is -2.37. The van der Waals surface area contributed by atoms with Gasteiger partial charge in [0.05, 0.1) is 11.7 Å². The zero-order chi connectivity index (χ0) is 21.5. The molecule has 0 aromatic heterocycles. The molecule has 0 saturated heterocycles. The summed E-state index contributed by atoms with van der Waals surface area (Å²) in [7, 11) is 0. The molecule has 156 valence electrons. The summed E-state index contributed by atoms with van der Waals surface area (Å²) >= 11 is 0. The number of anilines is 1. The standard InChI is InChI=1S/C29H24N2O/c32-28-17-14-19-6-1-2-7-22(19)26(28)18-30-21-15-12-20(13-16-21)29-25-10-5-9-23(25)24-8-3-4-11-27(24)31-29/h1-9,11-18,23,25,29,31-32H,10H2/t23-,25-,29-/m0/s1. The molecule has 0 saturated carbocycles. The average Bonchev–Trinajstić information content (AvgIpc) is 3.34. The van der Waals surface area contributed by atoms with Crippen LogP contribution in [-0.2, 0) is 0 Å². The van der Waals surface area contributed by atoms with Gasteiger partial charge in [-0.25, -0.2) is 0 Å². The van der Waals surface area contributed by atoms with Gasteiger partial charge in [0.2, 0.25) is 0 Å². The van der Waals surface area contributed by atoms with Crippen molar-refractivity contribution in [2.75, 3.05) is 5.32 Å². The van der Waals surface area contributed by atoms with E-state index in [0.29, 0.717) is 11.8 Å². The summed E-state index contributed by atoms with van der Waals surface area (Å²) < 4.78 is 0. The fourth-order valence-electron chi connectivity index (χ4n) is 5.20. The lowest BCUT2D eigenvalue weighted by molar-refractivity contribution is 0.425. The minimum Gasteiger partial charge on any atom is -0.507 e. The van der Waals surface area contributed by atoms with Crippen LogP contribution in [0.1, 0.15) is 35.1 Å². The fourth-order valence-corrected chi connectivity index (χ4v) is 5.20. The van der Waals surface area contributed by atoms with Gasteiger partial charge in [-0.15, -0.1) is 0 Å². The van der Waals surface area contributed by atoms with Gasteiger partial charge >= 0.3 is 0 Å². The third kappa shape index (κ3) is 3.18. The van der Waals surface area contributed by atoms with Crippen LogP contribution in [0.5, 0.6) is 5.75 Å². The first-order valence-electron chi connectivity index (χ1n) is 11.1. The van der Waals surface area contributed by atoms with Gasteiger partial charge in [-0.1, -0.05) is 72.8 Å². The van der Waals surface area contributed by atoms with Crippen LogP contribution < -0.4 is 5.32 Å². The quantitative estimate of drug-likeness (QED) is 0.276. The highest BCUT2D eigenvalue weighted by molar-refractivity contribution is 6.02. The molecule has 3 nitrogen and oxygen atoms in total. The third-order valence-corrected chi connectivity index (χ3v) is 6.81. The first-order valence-corrected chi connectivity index (χ1v) is 11.1. The maximum Gasteiger partial charge on any atom is 0.124 e. The van der Waals surface area contributed by atoms with Gasteiger partial charge in [-0.2, -0.15) is 0 Å². The summed E-state index contributed by atoms with van der Waals surface area (Å²) in [6.07, 6.45) is 7.55. The van der Waals surface area contributed by atoms with E-state index < -0.39 is 0 Å². The topological polar surface area (TPSA) is 44.6 Å². The molecule has 1 aliphatic heterocycles. The highest BCUT2D eigenvalue weighted by Crippen LogP contribution is 2.49. The average molecular weight is 417 g/mol. The van der Waals surface area contributed by atoms with Gasteiger partial charge in [0.15, 0.2) is 0 Å². The van der Waals surface area contributed by atoms with Crippen molar-refractivity contribution in [3.05, 3.63) is 114 Å². The summed E-state index contributed by atoms with van der Waals surface area (Å²) in [5.74, 6) is 1.25. The molecular weight excluding hydrogens is 392 g/mol. The van der Waals surface area contributed by atoms with Gasteiger partial charge in [0.1, 0.15) is 5.75 Å². The van der Waals surface area contributed by atoms with Crippen LogP contribution in [0.2, 0.25) is 0 Å². The highest BCUT2D eigenvalue weighted by atomic mass is 16.3. The van der Waals surface area contributed by atoms with E-state index in [0.717, 1.165) is 28.4 Å². The van der Waals surface area contributed by atoms with Crippen molar-refractivity contribution in [3.63, 3.8) is 0 Å². The second kappa shape index (κ2) is 7.69. The van der Waals surface area contributed by atoms with Crippen molar-refractivity contribution >= 4 is 28.4 Å². The Morgan fingerprint density at radius 1 is 0.875 bits per heavy atom.